The van der Waals surface area contributed by atoms with Crippen LogP contribution in [0.1, 0.15) is 24.5 Å². The Balaban J connectivity index is 2.46. The van der Waals surface area contributed by atoms with Gasteiger partial charge in [0, 0.05) is 43.7 Å². The molecule has 28 heavy (non-hydrogen) atoms. The molecule has 0 amide bonds. The summed E-state index contributed by atoms with van der Waals surface area (Å²) in [5, 5.41) is 0. The van der Waals surface area contributed by atoms with E-state index in [2.05, 4.69) is 41.7 Å². The summed E-state index contributed by atoms with van der Waals surface area (Å²) < 4.78 is 0. The maximum Gasteiger partial charge on any atom is 0.132 e. The van der Waals surface area contributed by atoms with Crippen LogP contribution in [0.4, 0.5) is 5.82 Å². The van der Waals surface area contributed by atoms with Crippen molar-refractivity contribution in [2.75, 3.05) is 19.8 Å². The van der Waals surface area contributed by atoms with Crippen molar-refractivity contribution in [1.29, 1.82) is 0 Å². The molecule has 2 rings (SSSR count). The Kier molecular flexibility index (Phi) is 7.36. The molecule has 142 valence electrons. The van der Waals surface area contributed by atoms with E-state index in [1.54, 1.807) is 24.2 Å². The van der Waals surface area contributed by atoms with Gasteiger partial charge in [-0.3, -0.25) is 4.99 Å². The first-order chi connectivity index (χ1) is 13.5. The predicted octanol–water partition coefficient (Wildman–Crippen LogP) is 4.87. The summed E-state index contributed by atoms with van der Waals surface area (Å²) in [5.74, 6) is 0.481. The molecular formula is C24H26N4. The topological polar surface area (TPSA) is 54.5 Å². The second-order valence-corrected chi connectivity index (χ2v) is 6.19. The van der Waals surface area contributed by atoms with Gasteiger partial charge in [0.1, 0.15) is 5.82 Å². The summed E-state index contributed by atoms with van der Waals surface area (Å²) in [6.07, 6.45) is 13.9. The molecule has 0 saturated carbocycles. The zero-order chi connectivity index (χ0) is 20.5. The van der Waals surface area contributed by atoms with Crippen molar-refractivity contribution < 1.29 is 0 Å². The third-order valence-electron chi connectivity index (χ3n) is 4.18. The molecule has 4 heteroatoms. The fourth-order valence-corrected chi connectivity index (χ4v) is 2.82. The second kappa shape index (κ2) is 9.94. The van der Waals surface area contributed by atoms with E-state index >= 15 is 0 Å². The van der Waals surface area contributed by atoms with E-state index in [1.165, 1.54) is 0 Å². The number of aromatic nitrogens is 1. The van der Waals surface area contributed by atoms with E-state index in [9.17, 15) is 0 Å². The van der Waals surface area contributed by atoms with E-state index in [4.69, 9.17) is 12.2 Å². The number of benzene rings is 1. The number of aliphatic imine (C=N–C) groups is 1. The minimum atomic E-state index is 0.481. The van der Waals surface area contributed by atoms with Gasteiger partial charge in [0.05, 0.1) is 5.69 Å². The number of anilines is 1. The van der Waals surface area contributed by atoms with Crippen LogP contribution in [0.15, 0.2) is 66.3 Å². The van der Waals surface area contributed by atoms with Gasteiger partial charge >= 0.3 is 0 Å². The van der Waals surface area contributed by atoms with Gasteiger partial charge in [0.15, 0.2) is 0 Å². The van der Waals surface area contributed by atoms with E-state index in [-0.39, 0.29) is 0 Å². The molecule has 0 atom stereocenters. The molecule has 1 heterocycles. The van der Waals surface area contributed by atoms with Gasteiger partial charge < -0.3 is 10.6 Å². The van der Waals surface area contributed by atoms with Crippen molar-refractivity contribution >= 4 is 23.2 Å². The molecule has 0 aliphatic carbocycles. The van der Waals surface area contributed by atoms with Crippen molar-refractivity contribution in [3.8, 4) is 23.7 Å². The van der Waals surface area contributed by atoms with Crippen LogP contribution in [-0.2, 0) is 0 Å². The fourth-order valence-electron chi connectivity index (χ4n) is 2.82. The molecule has 0 spiro atoms. The van der Waals surface area contributed by atoms with Crippen molar-refractivity contribution in [3.63, 3.8) is 0 Å². The number of rotatable bonds is 7. The second-order valence-electron chi connectivity index (χ2n) is 6.19. The summed E-state index contributed by atoms with van der Waals surface area (Å²) in [5.41, 5.74) is 11.8. The molecule has 1 aromatic heterocycles. The zero-order valence-electron chi connectivity index (χ0n) is 16.7. The number of hydrogen-bond acceptors (Lipinski definition) is 4. The highest BCUT2D eigenvalue weighted by Gasteiger charge is 2.09. The summed E-state index contributed by atoms with van der Waals surface area (Å²) in [6.45, 7) is 5.97. The van der Waals surface area contributed by atoms with E-state index in [1.807, 2.05) is 43.6 Å². The maximum absolute atomic E-state index is 6.26. The van der Waals surface area contributed by atoms with Crippen LogP contribution >= 0.6 is 0 Å². The van der Waals surface area contributed by atoms with Gasteiger partial charge in [-0.2, -0.15) is 0 Å². The Morgan fingerprint density at radius 1 is 1.32 bits per heavy atom. The Hall–Kier alpha value is -3.58. The first-order valence-corrected chi connectivity index (χ1v) is 9.07. The monoisotopic (exact) mass is 370 g/mol. The average Bonchev–Trinajstić information content (AvgIpc) is 2.71. The highest BCUT2D eigenvalue weighted by Crippen LogP contribution is 2.27. The van der Waals surface area contributed by atoms with Crippen LogP contribution in [0.2, 0.25) is 0 Å². The Morgan fingerprint density at radius 3 is 2.71 bits per heavy atom. The van der Waals surface area contributed by atoms with Crippen molar-refractivity contribution in [2.24, 2.45) is 4.99 Å². The van der Waals surface area contributed by atoms with Crippen molar-refractivity contribution in [3.05, 3.63) is 72.5 Å². The number of allylic oxidation sites excluding steroid dienone is 4. The van der Waals surface area contributed by atoms with Crippen LogP contribution in [0.3, 0.4) is 0 Å². The first kappa shape index (κ1) is 20.7. The average molecular weight is 371 g/mol. The summed E-state index contributed by atoms with van der Waals surface area (Å²) in [6, 6.07) is 14.6. The van der Waals surface area contributed by atoms with E-state index < -0.39 is 0 Å². The third-order valence-corrected chi connectivity index (χ3v) is 4.18. The summed E-state index contributed by atoms with van der Waals surface area (Å²) >= 11 is 0. The minimum absolute atomic E-state index is 0.481. The SMILES string of the molecule is C#CN(C)/C=C(\C=C)c1cccc(-c2ccc(/C(C=NC)=C/CC)c(N)n2)c1. The number of terminal acetylenes is 1. The summed E-state index contributed by atoms with van der Waals surface area (Å²) in [7, 11) is 3.56. The smallest absolute Gasteiger partial charge is 0.132 e. The van der Waals surface area contributed by atoms with Gasteiger partial charge in [-0.25, -0.2) is 4.98 Å². The molecule has 4 nitrogen and oxygen atoms in total. The van der Waals surface area contributed by atoms with Gasteiger partial charge in [-0.05, 0) is 41.3 Å². The fraction of sp³-hybridized carbons (Fsp3) is 0.167. The van der Waals surface area contributed by atoms with Crippen LogP contribution in [0.5, 0.6) is 0 Å². The molecule has 0 saturated heterocycles. The van der Waals surface area contributed by atoms with Crippen LogP contribution in [-0.4, -0.2) is 30.2 Å². The van der Waals surface area contributed by atoms with Gasteiger partial charge in [-0.1, -0.05) is 50.3 Å². The molecule has 1 aromatic carbocycles. The molecular weight excluding hydrogens is 344 g/mol. The van der Waals surface area contributed by atoms with Gasteiger partial charge in [-0.15, -0.1) is 0 Å². The maximum atomic E-state index is 6.26. The van der Waals surface area contributed by atoms with E-state index in [0.29, 0.717) is 5.82 Å². The summed E-state index contributed by atoms with van der Waals surface area (Å²) in [4.78, 5) is 10.4. The molecule has 2 N–H and O–H groups in total. The lowest BCUT2D eigenvalue weighted by molar-refractivity contribution is 0.666. The van der Waals surface area contributed by atoms with Crippen LogP contribution in [0.25, 0.3) is 22.4 Å². The standard InChI is InChI=1S/C24H26N4/c1-6-10-21(16-26-4)22-13-14-23(27-24(22)25)20-12-9-11-19(15-20)18(7-2)17-28(5)8-3/h3,7,9-17H,2,6H2,1,4-5H3,(H2,25,27)/b18-17+,21-10+,26-16?. The minimum Gasteiger partial charge on any atom is -0.383 e. The lowest BCUT2D eigenvalue weighted by Crippen LogP contribution is -2.02. The number of nitrogens with two attached hydrogens (primary N) is 1. The normalized spacial score (nSPS) is 12.1. The molecule has 0 radical (unpaired) electrons. The third kappa shape index (κ3) is 4.99. The Morgan fingerprint density at radius 2 is 2.11 bits per heavy atom. The Bertz CT molecular complexity index is 974. The highest BCUT2D eigenvalue weighted by atomic mass is 15.0. The molecule has 0 fully saturated rings. The number of nitrogens with zero attached hydrogens (tertiary/aromatic N) is 3. The number of nitrogen functional groups attached to an aromatic ring is 1. The molecule has 0 unspecified atom stereocenters. The number of hydrogen-bond donors (Lipinski definition) is 1. The van der Waals surface area contributed by atoms with Gasteiger partial charge in [0.2, 0.25) is 0 Å². The quantitative estimate of drug-likeness (QED) is 0.327. The highest BCUT2D eigenvalue weighted by molar-refractivity contribution is 6.11. The van der Waals surface area contributed by atoms with Crippen molar-refractivity contribution in [1.82, 2.24) is 9.88 Å². The Labute approximate surface area is 167 Å². The first-order valence-electron chi connectivity index (χ1n) is 9.07. The molecule has 0 bridgehead atoms. The van der Waals surface area contributed by atoms with Crippen LogP contribution in [0, 0.1) is 12.5 Å². The molecule has 0 aliphatic rings. The lowest BCUT2D eigenvalue weighted by atomic mass is 10.0. The number of pyridine rings is 1. The zero-order valence-corrected chi connectivity index (χ0v) is 16.7. The van der Waals surface area contributed by atoms with E-state index in [0.717, 1.165) is 40.0 Å². The largest absolute Gasteiger partial charge is 0.383 e. The van der Waals surface area contributed by atoms with Crippen LogP contribution < -0.4 is 5.73 Å². The lowest BCUT2D eigenvalue weighted by Gasteiger charge is -2.11. The van der Waals surface area contributed by atoms with Gasteiger partial charge in [0.25, 0.3) is 0 Å². The molecule has 0 aliphatic heterocycles. The van der Waals surface area contributed by atoms with Crippen molar-refractivity contribution in [2.45, 2.75) is 13.3 Å². The predicted molar refractivity (Wildman–Crippen MR) is 122 cm³/mol. The molecule has 2 aromatic rings.